The quantitative estimate of drug-likeness (QED) is 0.755. The molecule has 0 bridgehead atoms. The molecule has 0 aromatic carbocycles. The predicted octanol–water partition coefficient (Wildman–Crippen LogP) is -0.532. The SMILES string of the molecule is Cc1nonc1CC(=O)NC[C@]1(O)CCN(c2cnccn2)C1. The summed E-state index contributed by atoms with van der Waals surface area (Å²) < 4.78 is 4.56. The normalized spacial score (nSPS) is 20.7. The molecule has 1 fully saturated rings. The molecule has 0 spiro atoms. The van der Waals surface area contributed by atoms with Crippen molar-refractivity contribution >= 4 is 11.7 Å². The molecule has 3 rings (SSSR count). The average Bonchev–Trinajstić information content (AvgIpc) is 3.14. The lowest BCUT2D eigenvalue weighted by Gasteiger charge is -2.24. The first-order valence-electron chi connectivity index (χ1n) is 7.34. The topological polar surface area (TPSA) is 117 Å². The van der Waals surface area contributed by atoms with Gasteiger partial charge in [0.2, 0.25) is 5.91 Å². The zero-order chi connectivity index (χ0) is 16.3. The molecule has 0 saturated carbocycles. The van der Waals surface area contributed by atoms with E-state index in [4.69, 9.17) is 0 Å². The van der Waals surface area contributed by atoms with Crippen LogP contribution in [-0.2, 0) is 11.2 Å². The van der Waals surface area contributed by atoms with Gasteiger partial charge in [-0.25, -0.2) is 9.61 Å². The second-order valence-corrected chi connectivity index (χ2v) is 5.71. The molecule has 1 atom stereocenters. The Hall–Kier alpha value is -2.55. The Morgan fingerprint density at radius 1 is 1.48 bits per heavy atom. The van der Waals surface area contributed by atoms with E-state index in [0.29, 0.717) is 30.9 Å². The van der Waals surface area contributed by atoms with E-state index < -0.39 is 5.60 Å². The lowest BCUT2D eigenvalue weighted by molar-refractivity contribution is -0.121. The first kappa shape index (κ1) is 15.3. The number of anilines is 1. The third kappa shape index (κ3) is 3.62. The fraction of sp³-hybridized carbons (Fsp3) is 0.500. The van der Waals surface area contributed by atoms with Crippen LogP contribution in [-0.4, -0.2) is 56.5 Å². The molecule has 0 radical (unpaired) electrons. The van der Waals surface area contributed by atoms with Gasteiger partial charge in [-0.15, -0.1) is 0 Å². The van der Waals surface area contributed by atoms with Crippen molar-refractivity contribution in [2.75, 3.05) is 24.5 Å². The molecule has 1 saturated heterocycles. The third-order valence-corrected chi connectivity index (χ3v) is 3.89. The summed E-state index contributed by atoms with van der Waals surface area (Å²) in [6.45, 7) is 2.96. The fourth-order valence-electron chi connectivity index (χ4n) is 2.54. The lowest BCUT2D eigenvalue weighted by Crippen LogP contribution is -2.45. The summed E-state index contributed by atoms with van der Waals surface area (Å²) >= 11 is 0. The summed E-state index contributed by atoms with van der Waals surface area (Å²) in [5.74, 6) is 0.495. The molecular formula is C14H18N6O3. The van der Waals surface area contributed by atoms with Crippen molar-refractivity contribution in [1.82, 2.24) is 25.6 Å². The number of aryl methyl sites for hydroxylation is 1. The van der Waals surface area contributed by atoms with Crippen LogP contribution in [0.25, 0.3) is 0 Å². The molecule has 2 aromatic rings. The summed E-state index contributed by atoms with van der Waals surface area (Å²) in [5.41, 5.74) is 0.111. The Morgan fingerprint density at radius 2 is 2.35 bits per heavy atom. The van der Waals surface area contributed by atoms with E-state index >= 15 is 0 Å². The van der Waals surface area contributed by atoms with Crippen LogP contribution in [0.3, 0.4) is 0 Å². The minimum atomic E-state index is -0.982. The first-order valence-corrected chi connectivity index (χ1v) is 7.34. The summed E-state index contributed by atoms with van der Waals surface area (Å²) in [6, 6.07) is 0. The minimum Gasteiger partial charge on any atom is -0.386 e. The Bertz CT molecular complexity index is 676. The van der Waals surface area contributed by atoms with Gasteiger partial charge >= 0.3 is 0 Å². The van der Waals surface area contributed by atoms with E-state index in [1.165, 1.54) is 0 Å². The maximum atomic E-state index is 11.9. The smallest absolute Gasteiger partial charge is 0.226 e. The molecule has 9 nitrogen and oxygen atoms in total. The Balaban J connectivity index is 1.52. The summed E-state index contributed by atoms with van der Waals surface area (Å²) in [6.07, 6.45) is 5.51. The number of aromatic nitrogens is 4. The van der Waals surface area contributed by atoms with Gasteiger partial charge in [0.25, 0.3) is 0 Å². The number of amides is 1. The second kappa shape index (κ2) is 6.29. The highest BCUT2D eigenvalue weighted by atomic mass is 16.6. The molecule has 3 heterocycles. The van der Waals surface area contributed by atoms with Crippen molar-refractivity contribution in [3.63, 3.8) is 0 Å². The maximum absolute atomic E-state index is 11.9. The number of hydrogen-bond donors (Lipinski definition) is 2. The van der Waals surface area contributed by atoms with Gasteiger partial charge in [-0.2, -0.15) is 0 Å². The Morgan fingerprint density at radius 3 is 3.04 bits per heavy atom. The van der Waals surface area contributed by atoms with Crippen molar-refractivity contribution in [1.29, 1.82) is 0 Å². The number of carbonyl (C=O) groups is 1. The molecule has 23 heavy (non-hydrogen) atoms. The van der Waals surface area contributed by atoms with Crippen LogP contribution < -0.4 is 10.2 Å². The molecule has 2 aromatic heterocycles. The highest BCUT2D eigenvalue weighted by molar-refractivity contribution is 5.78. The molecule has 1 amide bonds. The fourth-order valence-corrected chi connectivity index (χ4v) is 2.54. The lowest BCUT2D eigenvalue weighted by atomic mass is 10.0. The number of nitrogens with one attached hydrogen (secondary N) is 1. The Labute approximate surface area is 132 Å². The summed E-state index contributed by atoms with van der Waals surface area (Å²) in [5, 5.41) is 20.6. The molecule has 9 heteroatoms. The average molecular weight is 318 g/mol. The van der Waals surface area contributed by atoms with Gasteiger partial charge < -0.3 is 15.3 Å². The molecule has 2 N–H and O–H groups in total. The first-order chi connectivity index (χ1) is 11.1. The number of nitrogens with zero attached hydrogens (tertiary/aromatic N) is 5. The van der Waals surface area contributed by atoms with Gasteiger partial charge in [-0.1, -0.05) is 10.3 Å². The van der Waals surface area contributed by atoms with Gasteiger partial charge in [0, 0.05) is 32.0 Å². The molecule has 122 valence electrons. The van der Waals surface area contributed by atoms with Crippen LogP contribution in [0, 0.1) is 6.92 Å². The van der Waals surface area contributed by atoms with Crippen LogP contribution in [0.5, 0.6) is 0 Å². The summed E-state index contributed by atoms with van der Waals surface area (Å²) in [4.78, 5) is 22.1. The van der Waals surface area contributed by atoms with Crippen molar-refractivity contribution < 1.29 is 14.5 Å². The van der Waals surface area contributed by atoms with Crippen LogP contribution in [0.2, 0.25) is 0 Å². The highest BCUT2D eigenvalue weighted by Crippen LogP contribution is 2.24. The van der Waals surface area contributed by atoms with Gasteiger partial charge in [-0.3, -0.25) is 9.78 Å². The molecule has 0 unspecified atom stereocenters. The van der Waals surface area contributed by atoms with E-state index in [2.05, 4.69) is 30.2 Å². The minimum absolute atomic E-state index is 0.0826. The van der Waals surface area contributed by atoms with Crippen molar-refractivity contribution in [3.8, 4) is 0 Å². The highest BCUT2D eigenvalue weighted by Gasteiger charge is 2.37. The van der Waals surface area contributed by atoms with E-state index in [-0.39, 0.29) is 18.9 Å². The van der Waals surface area contributed by atoms with E-state index in [9.17, 15) is 9.90 Å². The van der Waals surface area contributed by atoms with Crippen LogP contribution >= 0.6 is 0 Å². The number of carbonyl (C=O) groups excluding carboxylic acids is 1. The maximum Gasteiger partial charge on any atom is 0.226 e. The second-order valence-electron chi connectivity index (χ2n) is 5.71. The zero-order valence-electron chi connectivity index (χ0n) is 12.8. The molecule has 0 aliphatic carbocycles. The van der Waals surface area contributed by atoms with Gasteiger partial charge in [-0.05, 0) is 13.3 Å². The predicted molar refractivity (Wildman–Crippen MR) is 79.6 cm³/mol. The summed E-state index contributed by atoms with van der Waals surface area (Å²) in [7, 11) is 0. The van der Waals surface area contributed by atoms with Crippen LogP contribution in [0.4, 0.5) is 5.82 Å². The van der Waals surface area contributed by atoms with Crippen molar-refractivity contribution in [2.24, 2.45) is 0 Å². The van der Waals surface area contributed by atoms with Gasteiger partial charge in [0.05, 0.1) is 12.6 Å². The van der Waals surface area contributed by atoms with E-state index in [0.717, 1.165) is 5.82 Å². The standard InChI is InChI=1S/C14H18N6O3/c1-10-11(19-23-18-10)6-13(21)17-8-14(22)2-5-20(9-14)12-7-15-3-4-16-12/h3-4,7,22H,2,5-6,8-9H2,1H3,(H,17,21)/t14-/m1/s1. The zero-order valence-corrected chi connectivity index (χ0v) is 12.8. The molecule has 1 aliphatic heterocycles. The van der Waals surface area contributed by atoms with Crippen molar-refractivity contribution in [3.05, 3.63) is 30.0 Å². The third-order valence-electron chi connectivity index (χ3n) is 3.89. The van der Waals surface area contributed by atoms with Gasteiger partial charge in [0.1, 0.15) is 22.8 Å². The van der Waals surface area contributed by atoms with E-state index in [1.807, 2.05) is 4.90 Å². The molecule has 1 aliphatic rings. The number of hydrogen-bond acceptors (Lipinski definition) is 8. The molecular weight excluding hydrogens is 300 g/mol. The van der Waals surface area contributed by atoms with Crippen LogP contribution in [0.1, 0.15) is 17.8 Å². The van der Waals surface area contributed by atoms with Crippen LogP contribution in [0.15, 0.2) is 23.2 Å². The van der Waals surface area contributed by atoms with E-state index in [1.54, 1.807) is 25.5 Å². The Kier molecular flexibility index (Phi) is 4.20. The number of β-amino-alcohol motifs (C(OH)–C–C–N with tert-alkyl or cyclic N) is 1. The van der Waals surface area contributed by atoms with Crippen molar-refractivity contribution in [2.45, 2.75) is 25.4 Å². The monoisotopic (exact) mass is 318 g/mol. The largest absolute Gasteiger partial charge is 0.386 e. The van der Waals surface area contributed by atoms with Gasteiger partial charge in [0.15, 0.2) is 0 Å². The number of aliphatic hydroxyl groups is 1. The number of rotatable bonds is 5.